The van der Waals surface area contributed by atoms with Gasteiger partial charge < -0.3 is 14.8 Å². The van der Waals surface area contributed by atoms with Crippen LogP contribution in [0.3, 0.4) is 0 Å². The van der Waals surface area contributed by atoms with E-state index in [-0.39, 0.29) is 18.0 Å². The molecule has 4 nitrogen and oxygen atoms in total. The molecule has 5 heteroatoms. The van der Waals surface area contributed by atoms with E-state index < -0.39 is 0 Å². The molecule has 21 heavy (non-hydrogen) atoms. The lowest BCUT2D eigenvalue weighted by Gasteiger charge is -2.22. The Bertz CT molecular complexity index is 683. The molecular weight excluding hydrogens is 286 g/mol. The fourth-order valence-electron chi connectivity index (χ4n) is 2.89. The molecule has 1 fully saturated rings. The number of aromatic amines is 1. The van der Waals surface area contributed by atoms with Crippen molar-refractivity contribution < 1.29 is 0 Å². The number of halogens is 1. The van der Waals surface area contributed by atoms with Gasteiger partial charge in [-0.1, -0.05) is 18.2 Å². The monoisotopic (exact) mass is 307 g/mol. The summed E-state index contributed by atoms with van der Waals surface area (Å²) in [7, 11) is 2.14. The molecule has 1 N–H and O–H groups in total. The smallest absolute Gasteiger partial charge is 0.271 e. The first-order valence-electron chi connectivity index (χ1n) is 7.21. The Balaban J connectivity index is 0.00000161. The Kier molecular flexibility index (Phi) is 4.91. The number of hydrogen-bond donors (Lipinski definition) is 1. The number of fused-ring (bicyclic) bond motifs is 1. The number of pyridine rings is 1. The van der Waals surface area contributed by atoms with Gasteiger partial charge in [0.2, 0.25) is 0 Å². The zero-order chi connectivity index (χ0) is 14.1. The number of para-hydroxylation sites is 1. The summed E-state index contributed by atoms with van der Waals surface area (Å²) < 4.78 is 0. The Morgan fingerprint density at radius 2 is 1.95 bits per heavy atom. The van der Waals surface area contributed by atoms with E-state index in [0.29, 0.717) is 0 Å². The van der Waals surface area contributed by atoms with Crippen LogP contribution < -0.4 is 10.5 Å². The number of aryl methyl sites for hydroxylation is 1. The molecule has 0 radical (unpaired) electrons. The van der Waals surface area contributed by atoms with E-state index in [0.717, 1.165) is 54.8 Å². The number of rotatable bonds is 1. The van der Waals surface area contributed by atoms with Crippen LogP contribution in [0.1, 0.15) is 12.0 Å². The number of hydrogen-bond acceptors (Lipinski definition) is 3. The molecule has 1 aliphatic rings. The third kappa shape index (κ3) is 3.22. The van der Waals surface area contributed by atoms with Crippen molar-refractivity contribution in [3.63, 3.8) is 0 Å². The summed E-state index contributed by atoms with van der Waals surface area (Å²) in [5.74, 6) is 0. The molecule has 1 saturated heterocycles. The highest BCUT2D eigenvalue weighted by Gasteiger charge is 2.16. The maximum absolute atomic E-state index is 12.4. The first kappa shape index (κ1) is 15.9. The zero-order valence-electron chi connectivity index (χ0n) is 12.6. The van der Waals surface area contributed by atoms with Crippen molar-refractivity contribution in [3.8, 4) is 0 Å². The molecule has 0 saturated carbocycles. The van der Waals surface area contributed by atoms with Crippen molar-refractivity contribution >= 4 is 29.0 Å². The number of likely N-dealkylation sites (N-methyl/N-ethyl adjacent to an activating group) is 1. The second-order valence-corrected chi connectivity index (χ2v) is 5.67. The molecule has 0 aliphatic carbocycles. The predicted molar refractivity (Wildman–Crippen MR) is 90.9 cm³/mol. The molecule has 0 amide bonds. The fourth-order valence-corrected chi connectivity index (χ4v) is 2.89. The first-order chi connectivity index (χ1) is 9.65. The Morgan fingerprint density at radius 1 is 1.14 bits per heavy atom. The highest BCUT2D eigenvalue weighted by atomic mass is 35.5. The second-order valence-electron chi connectivity index (χ2n) is 5.67. The summed E-state index contributed by atoms with van der Waals surface area (Å²) in [5.41, 5.74) is 2.89. The topological polar surface area (TPSA) is 39.3 Å². The summed E-state index contributed by atoms with van der Waals surface area (Å²) in [6.45, 7) is 5.99. The third-order valence-electron chi connectivity index (χ3n) is 4.13. The summed E-state index contributed by atoms with van der Waals surface area (Å²) in [6, 6.07) is 8.16. The van der Waals surface area contributed by atoms with Crippen molar-refractivity contribution in [1.29, 1.82) is 0 Å². The average Bonchev–Trinajstić information content (AvgIpc) is 2.64. The summed E-state index contributed by atoms with van der Waals surface area (Å²) in [6.07, 6.45) is 1.10. The van der Waals surface area contributed by atoms with Gasteiger partial charge in [-0.25, -0.2) is 0 Å². The molecule has 0 spiro atoms. The molecule has 2 heterocycles. The van der Waals surface area contributed by atoms with Gasteiger partial charge in [0.1, 0.15) is 5.69 Å². The average molecular weight is 308 g/mol. The van der Waals surface area contributed by atoms with Gasteiger partial charge in [0.05, 0.1) is 5.52 Å². The molecule has 1 aromatic heterocycles. The predicted octanol–water partition coefficient (Wildman–Crippen LogP) is 2.40. The minimum Gasteiger partial charge on any atom is -0.366 e. The number of nitrogens with one attached hydrogen (secondary N) is 1. The van der Waals surface area contributed by atoms with E-state index >= 15 is 0 Å². The van der Waals surface area contributed by atoms with Crippen molar-refractivity contribution in [2.24, 2.45) is 0 Å². The lowest BCUT2D eigenvalue weighted by Crippen LogP contribution is -2.32. The maximum atomic E-state index is 12.4. The number of anilines is 1. The number of benzene rings is 1. The molecule has 114 valence electrons. The van der Waals surface area contributed by atoms with Crippen LogP contribution in [0.15, 0.2) is 29.1 Å². The largest absolute Gasteiger partial charge is 0.366 e. The lowest BCUT2D eigenvalue weighted by molar-refractivity contribution is 0.360. The SMILES string of the molecule is Cc1cccc2cc(N3CCCN(C)CC3)c(=O)[nH]c12.Cl. The van der Waals surface area contributed by atoms with E-state index in [1.807, 2.05) is 25.1 Å². The highest BCUT2D eigenvalue weighted by molar-refractivity contribution is 5.85. The fraction of sp³-hybridized carbons (Fsp3) is 0.438. The maximum Gasteiger partial charge on any atom is 0.271 e. The Labute approximate surface area is 131 Å². The number of nitrogens with zero attached hydrogens (tertiary/aromatic N) is 2. The molecule has 2 aromatic rings. The minimum absolute atomic E-state index is 0. The quantitative estimate of drug-likeness (QED) is 0.879. The van der Waals surface area contributed by atoms with Crippen molar-refractivity contribution in [3.05, 3.63) is 40.2 Å². The highest BCUT2D eigenvalue weighted by Crippen LogP contribution is 2.19. The standard InChI is InChI=1S/C16H21N3O.ClH/c1-12-5-3-6-13-11-14(16(20)17-15(12)13)19-8-4-7-18(2)9-10-19;/h3,5-6,11H,4,7-10H2,1-2H3,(H,17,20);1H. The van der Waals surface area contributed by atoms with Crippen LogP contribution in [0.2, 0.25) is 0 Å². The Morgan fingerprint density at radius 3 is 2.76 bits per heavy atom. The molecule has 1 aromatic carbocycles. The van der Waals surface area contributed by atoms with E-state index in [1.54, 1.807) is 0 Å². The molecule has 1 aliphatic heterocycles. The number of aromatic nitrogens is 1. The minimum atomic E-state index is 0. The second kappa shape index (κ2) is 6.50. The first-order valence-corrected chi connectivity index (χ1v) is 7.21. The summed E-state index contributed by atoms with van der Waals surface area (Å²) in [5, 5.41) is 1.11. The molecule has 0 atom stereocenters. The van der Waals surface area contributed by atoms with Gasteiger partial charge >= 0.3 is 0 Å². The van der Waals surface area contributed by atoms with Crippen LogP contribution in [0.5, 0.6) is 0 Å². The molecule has 0 unspecified atom stereocenters. The van der Waals surface area contributed by atoms with Crippen molar-refractivity contribution in [2.75, 3.05) is 38.1 Å². The van der Waals surface area contributed by atoms with E-state index in [2.05, 4.69) is 27.9 Å². The lowest BCUT2D eigenvalue weighted by atomic mass is 10.1. The normalized spacial score (nSPS) is 16.6. The van der Waals surface area contributed by atoms with E-state index in [9.17, 15) is 4.79 Å². The van der Waals surface area contributed by atoms with Gasteiger partial charge in [0.25, 0.3) is 5.56 Å². The van der Waals surface area contributed by atoms with Gasteiger partial charge in [0.15, 0.2) is 0 Å². The van der Waals surface area contributed by atoms with E-state index in [1.165, 1.54) is 0 Å². The van der Waals surface area contributed by atoms with Crippen LogP contribution >= 0.6 is 12.4 Å². The molecule has 3 rings (SSSR count). The zero-order valence-corrected chi connectivity index (χ0v) is 13.4. The van der Waals surface area contributed by atoms with Gasteiger partial charge in [-0.15, -0.1) is 12.4 Å². The van der Waals surface area contributed by atoms with Crippen molar-refractivity contribution in [2.45, 2.75) is 13.3 Å². The van der Waals surface area contributed by atoms with Gasteiger partial charge in [0, 0.05) is 25.0 Å². The summed E-state index contributed by atoms with van der Waals surface area (Å²) in [4.78, 5) is 19.9. The van der Waals surface area contributed by atoms with Crippen LogP contribution in [-0.4, -0.2) is 43.1 Å². The molecule has 0 bridgehead atoms. The molecular formula is C16H22ClN3O. The van der Waals surface area contributed by atoms with E-state index in [4.69, 9.17) is 0 Å². The van der Waals surface area contributed by atoms with Crippen LogP contribution in [0.25, 0.3) is 10.9 Å². The van der Waals surface area contributed by atoms with Gasteiger partial charge in [-0.3, -0.25) is 4.79 Å². The summed E-state index contributed by atoms with van der Waals surface area (Å²) >= 11 is 0. The van der Waals surface area contributed by atoms with Gasteiger partial charge in [-0.05, 0) is 38.6 Å². The van der Waals surface area contributed by atoms with Gasteiger partial charge in [-0.2, -0.15) is 0 Å². The van der Waals surface area contributed by atoms with Crippen LogP contribution in [-0.2, 0) is 0 Å². The van der Waals surface area contributed by atoms with Crippen LogP contribution in [0.4, 0.5) is 5.69 Å². The number of H-pyrrole nitrogens is 1. The Hall–Kier alpha value is -1.52. The van der Waals surface area contributed by atoms with Crippen LogP contribution in [0, 0.1) is 6.92 Å². The third-order valence-corrected chi connectivity index (χ3v) is 4.13. The van der Waals surface area contributed by atoms with Crippen molar-refractivity contribution in [1.82, 2.24) is 9.88 Å².